The smallest absolute Gasteiger partial charge is 0.0457 e. The third-order valence-electron chi connectivity index (χ3n) is 2.83. The summed E-state index contributed by atoms with van der Waals surface area (Å²) in [5.74, 6) is 0. The molecule has 0 amide bonds. The van der Waals surface area contributed by atoms with E-state index >= 15 is 0 Å². The van der Waals surface area contributed by atoms with Crippen molar-refractivity contribution >= 4 is 10.9 Å². The minimum Gasteiger partial charge on any atom is -0.361 e. The van der Waals surface area contributed by atoms with Gasteiger partial charge < -0.3 is 10.3 Å². The van der Waals surface area contributed by atoms with Crippen molar-refractivity contribution in [1.82, 2.24) is 10.3 Å². The summed E-state index contributed by atoms with van der Waals surface area (Å²) >= 11 is 0. The van der Waals surface area contributed by atoms with Gasteiger partial charge in [0, 0.05) is 29.7 Å². The van der Waals surface area contributed by atoms with Gasteiger partial charge in [0.2, 0.25) is 0 Å². The molecule has 0 aliphatic heterocycles. The Morgan fingerprint density at radius 1 is 1.29 bits per heavy atom. The lowest BCUT2D eigenvalue weighted by molar-refractivity contribution is 0.691. The van der Waals surface area contributed by atoms with Gasteiger partial charge in [0.1, 0.15) is 0 Å². The van der Waals surface area contributed by atoms with Crippen LogP contribution in [0.2, 0.25) is 0 Å². The Balaban J connectivity index is 1.87. The predicted octanol–water partition coefficient (Wildman–Crippen LogP) is 2.42. The summed E-state index contributed by atoms with van der Waals surface area (Å²) in [5, 5.41) is 4.88. The monoisotopic (exact) mass is 186 g/mol. The van der Waals surface area contributed by atoms with Crippen molar-refractivity contribution in [2.24, 2.45) is 0 Å². The van der Waals surface area contributed by atoms with E-state index in [-0.39, 0.29) is 0 Å². The molecule has 1 fully saturated rings. The molecule has 2 aromatic rings. The summed E-state index contributed by atoms with van der Waals surface area (Å²) in [7, 11) is 0. The molecule has 0 spiro atoms. The molecule has 1 aromatic carbocycles. The molecule has 1 aliphatic carbocycles. The number of nitrogens with one attached hydrogen (secondary N) is 2. The first-order valence-corrected chi connectivity index (χ1v) is 5.22. The lowest BCUT2D eigenvalue weighted by Gasteiger charge is -2.00. The first-order valence-electron chi connectivity index (χ1n) is 5.22. The molecule has 1 aliphatic rings. The molecule has 1 saturated carbocycles. The second-order valence-corrected chi connectivity index (χ2v) is 4.01. The average Bonchev–Trinajstić information content (AvgIpc) is 2.96. The molecule has 72 valence electrons. The Morgan fingerprint density at radius 2 is 2.14 bits per heavy atom. The van der Waals surface area contributed by atoms with E-state index in [1.807, 2.05) is 0 Å². The first kappa shape index (κ1) is 8.06. The van der Waals surface area contributed by atoms with E-state index in [1.54, 1.807) is 0 Å². The molecule has 2 heteroatoms. The molecule has 2 N–H and O–H groups in total. The van der Waals surface area contributed by atoms with Crippen LogP contribution in [0.3, 0.4) is 0 Å². The normalized spacial score (nSPS) is 16.3. The first-order chi connectivity index (χ1) is 6.93. The number of aromatic amines is 1. The minimum atomic E-state index is 0.781. The van der Waals surface area contributed by atoms with E-state index in [4.69, 9.17) is 0 Å². The number of rotatable bonds is 3. The standard InChI is InChI=1S/C12H14N2/c1-2-4-12-11(3-1)9(8-14-12)7-13-10-5-6-10/h1-4,8,10,13-14H,5-7H2. The van der Waals surface area contributed by atoms with E-state index < -0.39 is 0 Å². The van der Waals surface area contributed by atoms with Crippen molar-refractivity contribution in [2.75, 3.05) is 0 Å². The summed E-state index contributed by atoms with van der Waals surface area (Å²) < 4.78 is 0. The topological polar surface area (TPSA) is 27.8 Å². The van der Waals surface area contributed by atoms with Crippen molar-refractivity contribution in [1.29, 1.82) is 0 Å². The molecule has 1 heterocycles. The van der Waals surface area contributed by atoms with E-state index in [1.165, 1.54) is 29.3 Å². The molecule has 0 radical (unpaired) electrons. The summed E-state index contributed by atoms with van der Waals surface area (Å²) in [4.78, 5) is 3.29. The number of fused-ring (bicyclic) bond motifs is 1. The third kappa shape index (κ3) is 1.42. The molecular formula is C12H14N2. The third-order valence-corrected chi connectivity index (χ3v) is 2.83. The molecule has 3 rings (SSSR count). The Morgan fingerprint density at radius 3 is 3.00 bits per heavy atom. The van der Waals surface area contributed by atoms with Crippen molar-refractivity contribution in [2.45, 2.75) is 25.4 Å². The van der Waals surface area contributed by atoms with Crippen molar-refractivity contribution < 1.29 is 0 Å². The van der Waals surface area contributed by atoms with Gasteiger partial charge in [0.25, 0.3) is 0 Å². The fraction of sp³-hybridized carbons (Fsp3) is 0.333. The van der Waals surface area contributed by atoms with Gasteiger partial charge in [-0.2, -0.15) is 0 Å². The minimum absolute atomic E-state index is 0.781. The largest absolute Gasteiger partial charge is 0.361 e. The maximum Gasteiger partial charge on any atom is 0.0457 e. The second-order valence-electron chi connectivity index (χ2n) is 4.01. The molecule has 0 unspecified atom stereocenters. The predicted molar refractivity (Wildman–Crippen MR) is 58.2 cm³/mol. The fourth-order valence-electron chi connectivity index (χ4n) is 1.82. The Labute approximate surface area is 83.3 Å². The van der Waals surface area contributed by atoms with Gasteiger partial charge in [-0.25, -0.2) is 0 Å². The maximum atomic E-state index is 3.53. The molecule has 14 heavy (non-hydrogen) atoms. The van der Waals surface area contributed by atoms with Gasteiger partial charge in [0.05, 0.1) is 0 Å². The highest BCUT2D eigenvalue weighted by Gasteiger charge is 2.20. The molecule has 0 saturated heterocycles. The maximum absolute atomic E-state index is 3.53. The van der Waals surface area contributed by atoms with Gasteiger partial charge in [-0.1, -0.05) is 18.2 Å². The van der Waals surface area contributed by atoms with Gasteiger partial charge >= 0.3 is 0 Å². The van der Waals surface area contributed by atoms with Crippen LogP contribution in [0.4, 0.5) is 0 Å². The fourth-order valence-corrected chi connectivity index (χ4v) is 1.82. The number of para-hydroxylation sites is 1. The molecule has 0 atom stereocenters. The highest BCUT2D eigenvalue weighted by molar-refractivity contribution is 5.82. The summed E-state index contributed by atoms with van der Waals surface area (Å²) in [5.41, 5.74) is 2.62. The van der Waals surface area contributed by atoms with Crippen molar-refractivity contribution in [3.05, 3.63) is 36.0 Å². The number of hydrogen-bond donors (Lipinski definition) is 2. The Bertz CT molecular complexity index is 440. The zero-order chi connectivity index (χ0) is 9.38. The molecular weight excluding hydrogens is 172 g/mol. The molecule has 2 nitrogen and oxygen atoms in total. The lowest BCUT2D eigenvalue weighted by atomic mass is 10.2. The highest BCUT2D eigenvalue weighted by Crippen LogP contribution is 2.21. The van der Waals surface area contributed by atoms with Crippen LogP contribution in [-0.2, 0) is 6.54 Å². The molecule has 1 aromatic heterocycles. The van der Waals surface area contributed by atoms with Crippen LogP contribution in [0.25, 0.3) is 10.9 Å². The van der Waals surface area contributed by atoms with Crippen LogP contribution in [0.5, 0.6) is 0 Å². The average molecular weight is 186 g/mol. The van der Waals surface area contributed by atoms with Crippen LogP contribution in [0.1, 0.15) is 18.4 Å². The van der Waals surface area contributed by atoms with E-state index in [0.29, 0.717) is 0 Å². The quantitative estimate of drug-likeness (QED) is 0.757. The zero-order valence-electron chi connectivity index (χ0n) is 8.09. The zero-order valence-corrected chi connectivity index (χ0v) is 8.09. The van der Waals surface area contributed by atoms with E-state index in [2.05, 4.69) is 40.8 Å². The van der Waals surface area contributed by atoms with Gasteiger partial charge in [0.15, 0.2) is 0 Å². The van der Waals surface area contributed by atoms with Crippen molar-refractivity contribution in [3.63, 3.8) is 0 Å². The van der Waals surface area contributed by atoms with E-state index in [0.717, 1.165) is 12.6 Å². The van der Waals surface area contributed by atoms with Crippen LogP contribution in [0, 0.1) is 0 Å². The van der Waals surface area contributed by atoms with Gasteiger partial charge in [-0.3, -0.25) is 0 Å². The van der Waals surface area contributed by atoms with Crippen LogP contribution in [0.15, 0.2) is 30.5 Å². The number of hydrogen-bond acceptors (Lipinski definition) is 1. The van der Waals surface area contributed by atoms with Crippen LogP contribution in [-0.4, -0.2) is 11.0 Å². The van der Waals surface area contributed by atoms with Crippen LogP contribution >= 0.6 is 0 Å². The highest BCUT2D eigenvalue weighted by atomic mass is 14.9. The number of aromatic nitrogens is 1. The summed E-state index contributed by atoms with van der Waals surface area (Å²) in [6, 6.07) is 9.24. The Kier molecular flexibility index (Phi) is 1.81. The second kappa shape index (κ2) is 3.14. The SMILES string of the molecule is c1ccc2c(CNC3CC3)c[nH]c2c1. The Hall–Kier alpha value is -1.28. The van der Waals surface area contributed by atoms with Gasteiger partial charge in [-0.15, -0.1) is 0 Å². The van der Waals surface area contributed by atoms with Crippen LogP contribution < -0.4 is 5.32 Å². The van der Waals surface area contributed by atoms with Gasteiger partial charge in [-0.05, 0) is 24.5 Å². The lowest BCUT2D eigenvalue weighted by Crippen LogP contribution is -2.14. The summed E-state index contributed by atoms with van der Waals surface area (Å²) in [6.07, 6.45) is 4.81. The van der Waals surface area contributed by atoms with E-state index in [9.17, 15) is 0 Å². The number of H-pyrrole nitrogens is 1. The molecule has 0 bridgehead atoms. The number of benzene rings is 1. The van der Waals surface area contributed by atoms with Crippen molar-refractivity contribution in [3.8, 4) is 0 Å². The summed E-state index contributed by atoms with van der Waals surface area (Å²) in [6.45, 7) is 0.995.